The van der Waals surface area contributed by atoms with Gasteiger partial charge in [-0.25, -0.2) is 4.98 Å². The average Bonchev–Trinajstić information content (AvgIpc) is 3.16. The van der Waals surface area contributed by atoms with Crippen molar-refractivity contribution in [1.82, 2.24) is 19.9 Å². The summed E-state index contributed by atoms with van der Waals surface area (Å²) < 4.78 is 2.75. The van der Waals surface area contributed by atoms with Crippen LogP contribution in [0.25, 0.3) is 21.3 Å². The molecule has 2 aliphatic rings. The van der Waals surface area contributed by atoms with Gasteiger partial charge in [0.05, 0.1) is 29.1 Å². The molecule has 1 fully saturated rings. The van der Waals surface area contributed by atoms with Gasteiger partial charge in [-0.05, 0) is 42.7 Å². The highest BCUT2D eigenvalue weighted by Crippen LogP contribution is 2.44. The highest BCUT2D eigenvalue weighted by Gasteiger charge is 2.31. The molecule has 0 amide bonds. The number of benzene rings is 1. The normalized spacial score (nSPS) is 16.2. The number of halogens is 1. The molecule has 0 spiro atoms. The van der Waals surface area contributed by atoms with E-state index in [9.17, 15) is 4.79 Å². The molecule has 1 saturated heterocycles. The maximum Gasteiger partial charge on any atom is 0.253 e. The van der Waals surface area contributed by atoms with Crippen molar-refractivity contribution in [1.29, 1.82) is 0 Å². The van der Waals surface area contributed by atoms with E-state index in [0.717, 1.165) is 58.2 Å². The Morgan fingerprint density at radius 2 is 2.06 bits per heavy atom. The number of nitrogens with one attached hydrogen (secondary N) is 1. The number of pyridine rings is 1. The minimum atomic E-state index is -0.0562. The van der Waals surface area contributed by atoms with Crippen LogP contribution in [0.2, 0.25) is 5.02 Å². The maximum absolute atomic E-state index is 12.1. The second-order valence-corrected chi connectivity index (χ2v) is 9.98. The zero-order valence-electron chi connectivity index (χ0n) is 17.4. The van der Waals surface area contributed by atoms with Gasteiger partial charge in [0.1, 0.15) is 0 Å². The molecule has 2 aliphatic heterocycles. The summed E-state index contributed by atoms with van der Waals surface area (Å²) in [6.45, 7) is 3.61. The molecule has 4 aromatic rings. The summed E-state index contributed by atoms with van der Waals surface area (Å²) in [5, 5.41) is 4.19. The lowest BCUT2D eigenvalue weighted by atomic mass is 9.92. The minimum Gasteiger partial charge on any atom is -0.365 e. The highest BCUT2D eigenvalue weighted by molar-refractivity contribution is 7.19. The van der Waals surface area contributed by atoms with Gasteiger partial charge in [-0.2, -0.15) is 0 Å². The number of thiophene rings is 1. The third-order valence-corrected chi connectivity index (χ3v) is 7.72. The first-order chi connectivity index (χ1) is 15.7. The van der Waals surface area contributed by atoms with Gasteiger partial charge in [0, 0.05) is 64.8 Å². The molecule has 3 aromatic heterocycles. The largest absolute Gasteiger partial charge is 0.365 e. The number of fused-ring (bicyclic) bond motifs is 2. The molecule has 0 aliphatic carbocycles. The Hall–Kier alpha value is -2.74. The third-order valence-electron chi connectivity index (χ3n) is 6.36. The van der Waals surface area contributed by atoms with Gasteiger partial charge < -0.3 is 10.2 Å². The SMILES string of the molecule is O=c1ccncn1Cc1cc2nccc(-c3cc(Cl)cc4c3N(C3CNC3)CCC4)c2s1. The van der Waals surface area contributed by atoms with Gasteiger partial charge in [-0.1, -0.05) is 11.6 Å². The number of hydrogen-bond donors (Lipinski definition) is 1. The van der Waals surface area contributed by atoms with Crippen molar-refractivity contribution >= 4 is 38.8 Å². The van der Waals surface area contributed by atoms with Crippen LogP contribution >= 0.6 is 22.9 Å². The van der Waals surface area contributed by atoms with Crippen molar-refractivity contribution in [3.05, 3.63) is 74.9 Å². The molecule has 8 heteroatoms. The van der Waals surface area contributed by atoms with Crippen LogP contribution in [0.15, 0.2) is 53.8 Å². The van der Waals surface area contributed by atoms with Crippen LogP contribution in [0.3, 0.4) is 0 Å². The molecular formula is C24H22ClN5OS. The lowest BCUT2D eigenvalue weighted by molar-refractivity contribution is 0.406. The quantitative estimate of drug-likeness (QED) is 0.496. The fourth-order valence-corrected chi connectivity index (χ4v) is 6.13. The van der Waals surface area contributed by atoms with Crippen molar-refractivity contribution < 1.29 is 0 Å². The molecule has 162 valence electrons. The molecular weight excluding hydrogens is 442 g/mol. The Morgan fingerprint density at radius 3 is 2.88 bits per heavy atom. The van der Waals surface area contributed by atoms with Crippen molar-refractivity contribution in [2.45, 2.75) is 25.4 Å². The van der Waals surface area contributed by atoms with Crippen LogP contribution in [-0.4, -0.2) is 40.2 Å². The smallest absolute Gasteiger partial charge is 0.253 e. The fraction of sp³-hybridized carbons (Fsp3) is 0.292. The van der Waals surface area contributed by atoms with Crippen LogP contribution in [0.1, 0.15) is 16.9 Å². The van der Waals surface area contributed by atoms with Crippen LogP contribution in [0.4, 0.5) is 5.69 Å². The van der Waals surface area contributed by atoms with Crippen molar-refractivity contribution in [3.63, 3.8) is 0 Å². The van der Waals surface area contributed by atoms with Crippen molar-refractivity contribution in [3.8, 4) is 11.1 Å². The second kappa shape index (κ2) is 7.99. The minimum absolute atomic E-state index is 0.0562. The Bertz CT molecular complexity index is 1380. The zero-order chi connectivity index (χ0) is 21.7. The summed E-state index contributed by atoms with van der Waals surface area (Å²) >= 11 is 8.28. The van der Waals surface area contributed by atoms with Crippen molar-refractivity contribution in [2.24, 2.45) is 0 Å². The predicted molar refractivity (Wildman–Crippen MR) is 130 cm³/mol. The molecule has 1 aromatic carbocycles. The Balaban J connectivity index is 1.49. The van der Waals surface area contributed by atoms with E-state index in [4.69, 9.17) is 11.6 Å². The van der Waals surface area contributed by atoms with Crippen LogP contribution in [-0.2, 0) is 13.0 Å². The Kier molecular flexibility index (Phi) is 4.97. The summed E-state index contributed by atoms with van der Waals surface area (Å²) in [4.78, 5) is 24.5. The van der Waals surface area contributed by atoms with E-state index in [-0.39, 0.29) is 5.56 Å². The molecule has 0 unspecified atom stereocenters. The molecule has 32 heavy (non-hydrogen) atoms. The molecule has 0 saturated carbocycles. The number of aryl methyl sites for hydroxylation is 1. The second-order valence-electron chi connectivity index (χ2n) is 8.40. The molecule has 5 heterocycles. The number of anilines is 1. The summed E-state index contributed by atoms with van der Waals surface area (Å²) in [6, 6.07) is 10.4. The molecule has 0 atom stereocenters. The Morgan fingerprint density at radius 1 is 1.16 bits per heavy atom. The van der Waals surface area contributed by atoms with Gasteiger partial charge in [0.25, 0.3) is 5.56 Å². The third kappa shape index (κ3) is 3.41. The molecule has 1 N–H and O–H groups in total. The Labute approximate surface area is 194 Å². The van der Waals surface area contributed by atoms with Gasteiger partial charge in [-0.15, -0.1) is 11.3 Å². The van der Waals surface area contributed by atoms with Crippen LogP contribution < -0.4 is 15.8 Å². The summed E-state index contributed by atoms with van der Waals surface area (Å²) in [5.41, 5.74) is 5.87. The summed E-state index contributed by atoms with van der Waals surface area (Å²) in [7, 11) is 0. The molecule has 0 bridgehead atoms. The molecule has 6 rings (SSSR count). The van der Waals surface area contributed by atoms with Crippen LogP contribution in [0, 0.1) is 0 Å². The number of rotatable bonds is 4. The maximum atomic E-state index is 12.1. The van der Waals surface area contributed by atoms with E-state index in [1.54, 1.807) is 22.2 Å². The van der Waals surface area contributed by atoms with Gasteiger partial charge in [0.2, 0.25) is 0 Å². The van der Waals surface area contributed by atoms with Gasteiger partial charge in [-0.3, -0.25) is 14.3 Å². The lowest BCUT2D eigenvalue weighted by Gasteiger charge is -2.44. The van der Waals surface area contributed by atoms with E-state index in [2.05, 4.69) is 44.5 Å². The standard InChI is InChI=1S/C24H22ClN5OS/c25-16-8-15-2-1-7-30(17-11-27-12-17)23(15)20(9-16)19-3-6-28-21-10-18(32-24(19)21)13-29-14-26-5-4-22(29)31/h3-6,8-10,14,17,27H,1-2,7,11-13H2. The van der Waals surface area contributed by atoms with Crippen LogP contribution in [0.5, 0.6) is 0 Å². The monoisotopic (exact) mass is 463 g/mol. The first kappa shape index (κ1) is 19.9. The van der Waals surface area contributed by atoms with E-state index in [1.807, 2.05) is 6.20 Å². The fourth-order valence-electron chi connectivity index (χ4n) is 4.74. The highest BCUT2D eigenvalue weighted by atomic mass is 35.5. The van der Waals surface area contributed by atoms with E-state index in [0.29, 0.717) is 12.6 Å². The molecule has 6 nitrogen and oxygen atoms in total. The summed E-state index contributed by atoms with van der Waals surface area (Å²) in [5.74, 6) is 0. The topological polar surface area (TPSA) is 63.1 Å². The lowest BCUT2D eigenvalue weighted by Crippen LogP contribution is -2.58. The van der Waals surface area contributed by atoms with Crippen molar-refractivity contribution in [2.75, 3.05) is 24.5 Å². The first-order valence-corrected chi connectivity index (χ1v) is 12.0. The van der Waals surface area contributed by atoms with E-state index < -0.39 is 0 Å². The first-order valence-electron chi connectivity index (χ1n) is 10.9. The zero-order valence-corrected chi connectivity index (χ0v) is 19.0. The molecule has 0 radical (unpaired) electrons. The number of hydrogen-bond acceptors (Lipinski definition) is 6. The van der Waals surface area contributed by atoms with E-state index >= 15 is 0 Å². The van der Waals surface area contributed by atoms with Gasteiger partial charge in [0.15, 0.2) is 0 Å². The number of aromatic nitrogens is 3. The van der Waals surface area contributed by atoms with E-state index in [1.165, 1.54) is 29.1 Å². The average molecular weight is 464 g/mol. The number of nitrogens with zero attached hydrogens (tertiary/aromatic N) is 4. The summed E-state index contributed by atoms with van der Waals surface area (Å²) in [6.07, 6.45) is 7.18. The predicted octanol–water partition coefficient (Wildman–Crippen LogP) is 3.95. The van der Waals surface area contributed by atoms with Gasteiger partial charge >= 0.3 is 0 Å².